The van der Waals surface area contributed by atoms with Gasteiger partial charge in [0, 0.05) is 87.7 Å². The highest BCUT2D eigenvalue weighted by atomic mass is 19.4. The smallest absolute Gasteiger partial charge is 0.339 e. The Morgan fingerprint density at radius 1 is 0.921 bits per heavy atom. The molecule has 2 aromatic rings. The summed E-state index contributed by atoms with van der Waals surface area (Å²) in [6.45, 7) is 2.29. The van der Waals surface area contributed by atoms with Gasteiger partial charge < -0.3 is 14.7 Å². The van der Waals surface area contributed by atoms with Crippen molar-refractivity contribution in [3.63, 3.8) is 0 Å². The minimum Gasteiger partial charge on any atom is -0.339 e. The van der Waals surface area contributed by atoms with Crippen molar-refractivity contribution in [1.29, 1.82) is 0 Å². The first-order valence-electron chi connectivity index (χ1n) is 12.9. The van der Waals surface area contributed by atoms with Crippen LogP contribution in [0, 0.1) is 11.3 Å². The first-order valence-corrected chi connectivity index (χ1v) is 12.9. The van der Waals surface area contributed by atoms with Crippen LogP contribution in [-0.4, -0.2) is 92.3 Å². The number of carbonyl (C=O) groups is 1. The maximum Gasteiger partial charge on any atom is 0.395 e. The molecule has 0 radical (unpaired) electrons. The van der Waals surface area contributed by atoms with Crippen LogP contribution in [0.3, 0.4) is 0 Å². The van der Waals surface area contributed by atoms with E-state index in [4.69, 9.17) is 0 Å². The lowest BCUT2D eigenvalue weighted by molar-refractivity contribution is -0.180. The standard InChI is InChI=1S/C24H27F5N8O/c25-23(26)3-14(4-23)19-32-18(33-34-19)13-1-22(2-13)11-37(12-22)21(38)36-7-16(8-36)15-5-30-20(31-6-15)35-9-17(10-35)24(27,28)29/h5-6,13-14,16-17H,1-4,7-12H2,(H,32,33,34). The minimum atomic E-state index is -4.18. The summed E-state index contributed by atoms with van der Waals surface area (Å²) in [5.41, 5.74) is 0.977. The molecule has 0 aromatic carbocycles. The lowest BCUT2D eigenvalue weighted by atomic mass is 9.57. The van der Waals surface area contributed by atoms with Crippen molar-refractivity contribution in [1.82, 2.24) is 34.9 Å². The number of alkyl halides is 5. The second-order valence-electron chi connectivity index (χ2n) is 11.8. The number of urea groups is 1. The summed E-state index contributed by atoms with van der Waals surface area (Å²) in [5.74, 6) is -2.29. The molecule has 3 saturated heterocycles. The van der Waals surface area contributed by atoms with E-state index >= 15 is 0 Å². The molecule has 2 saturated carbocycles. The Hall–Kier alpha value is -3.06. The third-order valence-corrected chi connectivity index (χ3v) is 8.95. The molecule has 1 N–H and O–H groups in total. The Labute approximate surface area is 214 Å². The Kier molecular flexibility index (Phi) is 5.04. The van der Waals surface area contributed by atoms with Gasteiger partial charge in [-0.15, -0.1) is 0 Å². The van der Waals surface area contributed by atoms with Crippen molar-refractivity contribution in [3.8, 4) is 0 Å². The van der Waals surface area contributed by atoms with E-state index in [9.17, 15) is 26.7 Å². The molecule has 38 heavy (non-hydrogen) atoms. The van der Waals surface area contributed by atoms with E-state index in [0.717, 1.165) is 18.4 Å². The molecule has 14 heteroatoms. The molecule has 3 aliphatic heterocycles. The number of likely N-dealkylation sites (tertiary alicyclic amines) is 2. The summed E-state index contributed by atoms with van der Waals surface area (Å²) < 4.78 is 64.3. The third-order valence-electron chi connectivity index (χ3n) is 8.95. The van der Waals surface area contributed by atoms with E-state index in [1.807, 2.05) is 4.90 Å². The molecule has 2 aromatic heterocycles. The van der Waals surface area contributed by atoms with Gasteiger partial charge in [-0.2, -0.15) is 18.3 Å². The van der Waals surface area contributed by atoms with Gasteiger partial charge in [-0.1, -0.05) is 0 Å². The number of aromatic nitrogens is 5. The summed E-state index contributed by atoms with van der Waals surface area (Å²) in [5, 5.41) is 7.10. The van der Waals surface area contributed by atoms with Gasteiger partial charge in [-0.25, -0.2) is 28.5 Å². The lowest BCUT2D eigenvalue weighted by Gasteiger charge is -2.59. The van der Waals surface area contributed by atoms with Crippen molar-refractivity contribution < 1.29 is 26.7 Å². The van der Waals surface area contributed by atoms with E-state index < -0.39 is 18.0 Å². The maximum atomic E-state index is 13.1. The van der Waals surface area contributed by atoms with Crippen LogP contribution in [-0.2, 0) is 0 Å². The number of halogens is 5. The Balaban J connectivity index is 0.845. The number of H-pyrrole nitrogens is 1. The number of nitrogens with zero attached hydrogens (tertiary/aromatic N) is 7. The molecule has 1 spiro atoms. The van der Waals surface area contributed by atoms with Crippen molar-refractivity contribution in [2.75, 3.05) is 44.2 Å². The summed E-state index contributed by atoms with van der Waals surface area (Å²) in [6, 6.07) is 0.0118. The second-order valence-corrected chi connectivity index (χ2v) is 11.8. The number of aromatic amines is 1. The van der Waals surface area contributed by atoms with Crippen LogP contribution >= 0.6 is 0 Å². The van der Waals surface area contributed by atoms with E-state index in [1.54, 1.807) is 17.3 Å². The van der Waals surface area contributed by atoms with Crippen LogP contribution in [0.1, 0.15) is 60.6 Å². The summed E-state index contributed by atoms with van der Waals surface area (Å²) >= 11 is 0. The number of rotatable bonds is 4. The molecule has 0 unspecified atom stereocenters. The van der Waals surface area contributed by atoms with Gasteiger partial charge in [-0.05, 0) is 18.4 Å². The van der Waals surface area contributed by atoms with Crippen LogP contribution in [0.5, 0.6) is 0 Å². The Morgan fingerprint density at radius 3 is 2.18 bits per heavy atom. The molecule has 5 fully saturated rings. The van der Waals surface area contributed by atoms with E-state index in [2.05, 4.69) is 25.1 Å². The van der Waals surface area contributed by atoms with E-state index in [-0.39, 0.29) is 55.1 Å². The fraction of sp³-hybridized carbons (Fsp3) is 0.708. The molecular weight excluding hydrogens is 511 g/mol. The highest BCUT2D eigenvalue weighted by molar-refractivity contribution is 5.77. The lowest BCUT2D eigenvalue weighted by Crippen LogP contribution is -2.67. The van der Waals surface area contributed by atoms with Gasteiger partial charge in [0.25, 0.3) is 0 Å². The van der Waals surface area contributed by atoms with Crippen LogP contribution in [0.25, 0.3) is 0 Å². The average Bonchev–Trinajstić information content (AvgIpc) is 3.17. The predicted octanol–water partition coefficient (Wildman–Crippen LogP) is 3.50. The Bertz CT molecular complexity index is 1220. The van der Waals surface area contributed by atoms with Crippen LogP contribution in [0.15, 0.2) is 12.4 Å². The molecule has 2 amide bonds. The van der Waals surface area contributed by atoms with Crippen LogP contribution in [0.2, 0.25) is 0 Å². The van der Waals surface area contributed by atoms with Crippen LogP contribution < -0.4 is 4.90 Å². The van der Waals surface area contributed by atoms with Gasteiger partial charge >= 0.3 is 12.2 Å². The molecule has 5 aliphatic rings. The summed E-state index contributed by atoms with van der Waals surface area (Å²) in [6.07, 6.45) is 0.544. The van der Waals surface area contributed by atoms with Gasteiger partial charge in [0.1, 0.15) is 5.82 Å². The fourth-order valence-electron chi connectivity index (χ4n) is 6.43. The molecule has 9 nitrogen and oxygen atoms in total. The maximum absolute atomic E-state index is 13.1. The molecule has 2 aliphatic carbocycles. The van der Waals surface area contributed by atoms with Gasteiger partial charge in [0.2, 0.25) is 11.9 Å². The van der Waals surface area contributed by atoms with Crippen molar-refractivity contribution in [2.45, 2.75) is 55.5 Å². The minimum absolute atomic E-state index is 0.0118. The molecule has 0 atom stereocenters. The first-order chi connectivity index (χ1) is 18.0. The molecule has 204 valence electrons. The molecule has 7 rings (SSSR count). The van der Waals surface area contributed by atoms with Crippen molar-refractivity contribution in [2.24, 2.45) is 11.3 Å². The summed E-state index contributed by atoms with van der Waals surface area (Å²) in [7, 11) is 0. The zero-order valence-electron chi connectivity index (χ0n) is 20.5. The number of hydrogen-bond acceptors (Lipinski definition) is 6. The normalized spacial score (nSPS) is 25.4. The number of carbonyl (C=O) groups excluding carboxylic acids is 1. The predicted molar refractivity (Wildman–Crippen MR) is 123 cm³/mol. The average molecular weight is 539 g/mol. The third kappa shape index (κ3) is 3.98. The first kappa shape index (κ1) is 24.0. The SMILES string of the molecule is O=C(N1CC(c2cnc(N3CC(C(F)(F)F)C3)nc2)C1)N1CC2(CC(c3n[nH]c(C4CC(F)(F)C4)n3)C2)C1. The zero-order chi connectivity index (χ0) is 26.4. The zero-order valence-corrected chi connectivity index (χ0v) is 20.5. The second kappa shape index (κ2) is 7.98. The number of amides is 2. The van der Waals surface area contributed by atoms with Gasteiger partial charge in [-0.3, -0.25) is 5.10 Å². The number of nitrogens with one attached hydrogen (secondary N) is 1. The topological polar surface area (TPSA) is 94.1 Å². The molecular formula is C24H27F5N8O. The highest BCUT2D eigenvalue weighted by Crippen LogP contribution is 2.56. The quantitative estimate of drug-likeness (QED) is 0.599. The van der Waals surface area contributed by atoms with E-state index in [1.165, 1.54) is 4.90 Å². The van der Waals surface area contributed by atoms with Crippen molar-refractivity contribution >= 4 is 12.0 Å². The summed E-state index contributed by atoms with van der Waals surface area (Å²) in [4.78, 5) is 31.0. The van der Waals surface area contributed by atoms with Crippen LogP contribution in [0.4, 0.5) is 32.7 Å². The van der Waals surface area contributed by atoms with E-state index in [0.29, 0.717) is 43.8 Å². The number of hydrogen-bond donors (Lipinski definition) is 1. The number of anilines is 1. The monoisotopic (exact) mass is 538 g/mol. The van der Waals surface area contributed by atoms with Crippen molar-refractivity contribution in [3.05, 3.63) is 29.6 Å². The largest absolute Gasteiger partial charge is 0.395 e. The molecule has 5 heterocycles. The highest BCUT2D eigenvalue weighted by Gasteiger charge is 2.56. The Morgan fingerprint density at radius 2 is 1.58 bits per heavy atom. The van der Waals surface area contributed by atoms with Gasteiger partial charge in [0.15, 0.2) is 5.82 Å². The molecule has 0 bridgehead atoms. The fourth-order valence-corrected chi connectivity index (χ4v) is 6.43. The van der Waals surface area contributed by atoms with Gasteiger partial charge in [0.05, 0.1) is 5.92 Å².